The van der Waals surface area contributed by atoms with Crippen molar-refractivity contribution >= 4 is 0 Å². The zero-order valence-corrected chi connectivity index (χ0v) is 9.53. The highest BCUT2D eigenvalue weighted by atomic mass is 15.2. The zero-order valence-electron chi connectivity index (χ0n) is 9.53. The molecule has 4 nitrogen and oxygen atoms in total. The number of nitrogens with one attached hydrogen (secondary N) is 2. The van der Waals surface area contributed by atoms with Crippen LogP contribution in [0, 0.1) is 5.92 Å². The van der Waals surface area contributed by atoms with E-state index in [0.29, 0.717) is 6.04 Å². The Bertz CT molecular complexity index is 283. The molecular weight excluding hydrogens is 188 g/mol. The van der Waals surface area contributed by atoms with E-state index in [1.165, 1.54) is 25.7 Å². The number of aromatic nitrogens is 3. The van der Waals surface area contributed by atoms with E-state index < -0.39 is 0 Å². The van der Waals surface area contributed by atoms with Crippen LogP contribution in [0.2, 0.25) is 0 Å². The monoisotopic (exact) mass is 208 g/mol. The normalized spacial score (nSPS) is 28.1. The van der Waals surface area contributed by atoms with Gasteiger partial charge in [0.2, 0.25) is 0 Å². The Labute approximate surface area is 90.9 Å². The average Bonchev–Trinajstić information content (AvgIpc) is 2.87. The van der Waals surface area contributed by atoms with Crippen LogP contribution >= 0.6 is 0 Å². The number of rotatable bonds is 4. The van der Waals surface area contributed by atoms with E-state index in [4.69, 9.17) is 0 Å². The highest BCUT2D eigenvalue weighted by molar-refractivity contribution is 4.92. The van der Waals surface area contributed by atoms with Gasteiger partial charge in [-0.05, 0) is 32.1 Å². The maximum absolute atomic E-state index is 4.17. The summed E-state index contributed by atoms with van der Waals surface area (Å²) in [6.45, 7) is 4.42. The van der Waals surface area contributed by atoms with E-state index in [1.54, 1.807) is 6.33 Å². The van der Waals surface area contributed by atoms with Crippen molar-refractivity contribution in [2.24, 2.45) is 5.92 Å². The molecule has 3 unspecified atom stereocenters. The lowest BCUT2D eigenvalue weighted by Crippen LogP contribution is -2.30. The summed E-state index contributed by atoms with van der Waals surface area (Å²) in [5.41, 5.74) is 0. The third-order valence-corrected chi connectivity index (χ3v) is 3.45. The van der Waals surface area contributed by atoms with Crippen LogP contribution in [0.25, 0.3) is 0 Å². The Hall–Kier alpha value is -0.900. The van der Waals surface area contributed by atoms with E-state index in [9.17, 15) is 0 Å². The molecule has 1 heterocycles. The van der Waals surface area contributed by atoms with Crippen molar-refractivity contribution < 1.29 is 0 Å². The SMILES string of the molecule is CCC1CCC(NC(C)c2ncn[nH]2)C1. The summed E-state index contributed by atoms with van der Waals surface area (Å²) in [5, 5.41) is 10.4. The Morgan fingerprint density at radius 3 is 3.07 bits per heavy atom. The molecule has 0 aromatic carbocycles. The molecule has 1 aliphatic rings. The van der Waals surface area contributed by atoms with Gasteiger partial charge in [-0.1, -0.05) is 13.3 Å². The first-order chi connectivity index (χ1) is 7.29. The van der Waals surface area contributed by atoms with Crippen LogP contribution in [0.15, 0.2) is 6.33 Å². The number of H-pyrrole nitrogens is 1. The summed E-state index contributed by atoms with van der Waals surface area (Å²) >= 11 is 0. The first-order valence-corrected chi connectivity index (χ1v) is 5.91. The van der Waals surface area contributed by atoms with Gasteiger partial charge in [0.25, 0.3) is 0 Å². The molecule has 0 radical (unpaired) electrons. The van der Waals surface area contributed by atoms with Crippen molar-refractivity contribution in [1.82, 2.24) is 20.5 Å². The van der Waals surface area contributed by atoms with Crippen LogP contribution in [0.5, 0.6) is 0 Å². The summed E-state index contributed by atoms with van der Waals surface area (Å²) in [4.78, 5) is 4.17. The molecule has 0 bridgehead atoms. The number of hydrogen-bond acceptors (Lipinski definition) is 3. The minimum Gasteiger partial charge on any atom is -0.305 e. The lowest BCUT2D eigenvalue weighted by Gasteiger charge is -2.17. The van der Waals surface area contributed by atoms with Gasteiger partial charge in [0.1, 0.15) is 12.2 Å². The first-order valence-electron chi connectivity index (χ1n) is 5.91. The molecule has 84 valence electrons. The van der Waals surface area contributed by atoms with Gasteiger partial charge in [-0.3, -0.25) is 5.10 Å². The van der Waals surface area contributed by atoms with Crippen molar-refractivity contribution in [3.63, 3.8) is 0 Å². The second-order valence-corrected chi connectivity index (χ2v) is 4.54. The fourth-order valence-electron chi connectivity index (χ4n) is 2.45. The van der Waals surface area contributed by atoms with Gasteiger partial charge in [0, 0.05) is 6.04 Å². The van der Waals surface area contributed by atoms with Gasteiger partial charge in [-0.2, -0.15) is 5.10 Å². The molecule has 4 heteroatoms. The highest BCUT2D eigenvalue weighted by Crippen LogP contribution is 2.29. The Morgan fingerprint density at radius 1 is 1.60 bits per heavy atom. The standard InChI is InChI=1S/C11H20N4/c1-3-9-4-5-10(6-9)14-8(2)11-12-7-13-15-11/h7-10,14H,3-6H2,1-2H3,(H,12,13,15). The Balaban J connectivity index is 1.83. The maximum atomic E-state index is 4.17. The number of hydrogen-bond donors (Lipinski definition) is 2. The topological polar surface area (TPSA) is 53.6 Å². The third-order valence-electron chi connectivity index (χ3n) is 3.45. The number of nitrogens with zero attached hydrogens (tertiary/aromatic N) is 2. The van der Waals surface area contributed by atoms with E-state index in [2.05, 4.69) is 34.3 Å². The van der Waals surface area contributed by atoms with Crippen LogP contribution in [0.4, 0.5) is 0 Å². The van der Waals surface area contributed by atoms with Crippen molar-refractivity contribution in [2.75, 3.05) is 0 Å². The fourth-order valence-corrected chi connectivity index (χ4v) is 2.45. The molecule has 2 rings (SSSR count). The van der Waals surface area contributed by atoms with E-state index >= 15 is 0 Å². The van der Waals surface area contributed by atoms with Crippen molar-refractivity contribution in [1.29, 1.82) is 0 Å². The molecule has 0 amide bonds. The predicted octanol–water partition coefficient (Wildman–Crippen LogP) is 2.03. The minimum atomic E-state index is 0.285. The van der Waals surface area contributed by atoms with Crippen molar-refractivity contribution in [2.45, 2.75) is 51.6 Å². The Kier molecular flexibility index (Phi) is 3.36. The average molecular weight is 208 g/mol. The van der Waals surface area contributed by atoms with Gasteiger partial charge in [-0.25, -0.2) is 4.98 Å². The number of aromatic amines is 1. The molecule has 0 spiro atoms. The zero-order chi connectivity index (χ0) is 10.7. The fraction of sp³-hybridized carbons (Fsp3) is 0.818. The molecule has 1 aromatic rings. The Morgan fingerprint density at radius 2 is 2.47 bits per heavy atom. The van der Waals surface area contributed by atoms with E-state index in [-0.39, 0.29) is 6.04 Å². The highest BCUT2D eigenvalue weighted by Gasteiger charge is 2.24. The third kappa shape index (κ3) is 2.56. The van der Waals surface area contributed by atoms with Crippen LogP contribution in [-0.2, 0) is 0 Å². The molecule has 1 aromatic heterocycles. The molecular formula is C11H20N4. The summed E-state index contributed by atoms with van der Waals surface area (Å²) < 4.78 is 0. The quantitative estimate of drug-likeness (QED) is 0.796. The molecule has 0 aliphatic heterocycles. The van der Waals surface area contributed by atoms with Crippen molar-refractivity contribution in [3.8, 4) is 0 Å². The summed E-state index contributed by atoms with van der Waals surface area (Å²) in [6, 6.07) is 0.947. The second-order valence-electron chi connectivity index (χ2n) is 4.54. The molecule has 1 saturated carbocycles. The van der Waals surface area contributed by atoms with Crippen LogP contribution in [0.3, 0.4) is 0 Å². The van der Waals surface area contributed by atoms with Crippen LogP contribution < -0.4 is 5.32 Å². The molecule has 2 N–H and O–H groups in total. The van der Waals surface area contributed by atoms with Crippen LogP contribution in [-0.4, -0.2) is 21.2 Å². The van der Waals surface area contributed by atoms with Gasteiger partial charge in [-0.15, -0.1) is 0 Å². The lowest BCUT2D eigenvalue weighted by atomic mass is 10.1. The van der Waals surface area contributed by atoms with Crippen LogP contribution in [0.1, 0.15) is 51.4 Å². The maximum Gasteiger partial charge on any atom is 0.141 e. The second kappa shape index (κ2) is 4.75. The largest absolute Gasteiger partial charge is 0.305 e. The minimum absolute atomic E-state index is 0.285. The van der Waals surface area contributed by atoms with Gasteiger partial charge in [0.05, 0.1) is 6.04 Å². The summed E-state index contributed by atoms with van der Waals surface area (Å²) in [5.74, 6) is 1.86. The molecule has 15 heavy (non-hydrogen) atoms. The molecule has 0 saturated heterocycles. The first kappa shape index (κ1) is 10.6. The molecule has 1 fully saturated rings. The molecule has 3 atom stereocenters. The van der Waals surface area contributed by atoms with Gasteiger partial charge in [0.15, 0.2) is 0 Å². The summed E-state index contributed by atoms with van der Waals surface area (Å²) in [6.07, 6.45) is 6.87. The predicted molar refractivity (Wildman–Crippen MR) is 59.4 cm³/mol. The van der Waals surface area contributed by atoms with Crippen molar-refractivity contribution in [3.05, 3.63) is 12.2 Å². The van der Waals surface area contributed by atoms with E-state index in [1.807, 2.05) is 0 Å². The van der Waals surface area contributed by atoms with E-state index in [0.717, 1.165) is 11.7 Å². The smallest absolute Gasteiger partial charge is 0.141 e. The molecule has 1 aliphatic carbocycles. The lowest BCUT2D eigenvalue weighted by molar-refractivity contribution is 0.428. The van der Waals surface area contributed by atoms with Gasteiger partial charge >= 0.3 is 0 Å². The summed E-state index contributed by atoms with van der Waals surface area (Å²) in [7, 11) is 0. The van der Waals surface area contributed by atoms with Gasteiger partial charge < -0.3 is 5.32 Å².